The Labute approximate surface area is 190 Å². The number of nitrogens with zero attached hydrogens (tertiary/aromatic N) is 2. The van der Waals surface area contributed by atoms with Crippen molar-refractivity contribution in [2.24, 2.45) is 10.9 Å². The first-order chi connectivity index (χ1) is 15.5. The third-order valence-electron chi connectivity index (χ3n) is 4.54. The largest absolute Gasteiger partial charge is 0.493 e. The lowest BCUT2D eigenvalue weighted by Gasteiger charge is -2.13. The Balaban J connectivity index is 1.77. The van der Waals surface area contributed by atoms with Crippen LogP contribution >= 0.6 is 0 Å². The number of primary amides is 1. The van der Waals surface area contributed by atoms with Crippen LogP contribution in [-0.4, -0.2) is 30.9 Å². The molecule has 0 radical (unpaired) electrons. The fourth-order valence-corrected chi connectivity index (χ4v) is 3.72. The lowest BCUT2D eigenvalue weighted by Crippen LogP contribution is -2.14. The fraction of sp³-hybridized carbons (Fsp3) is 0.190. The molecule has 0 aliphatic heterocycles. The summed E-state index contributed by atoms with van der Waals surface area (Å²) in [5.74, 6) is -0.619. The van der Waals surface area contributed by atoms with Gasteiger partial charge in [0, 0.05) is 11.4 Å². The summed E-state index contributed by atoms with van der Waals surface area (Å²) >= 11 is 0. The molecule has 174 valence electrons. The van der Waals surface area contributed by atoms with Crippen LogP contribution in [0.2, 0.25) is 0 Å². The molecule has 3 aromatic rings. The molecule has 0 saturated heterocycles. The molecule has 0 bridgehead atoms. The van der Waals surface area contributed by atoms with Crippen molar-refractivity contribution >= 4 is 39.1 Å². The van der Waals surface area contributed by atoms with Crippen LogP contribution in [0.5, 0.6) is 5.75 Å². The van der Waals surface area contributed by atoms with Crippen LogP contribution in [0.1, 0.15) is 17.5 Å². The number of nitrogens with one attached hydrogen (secondary N) is 2. The number of carbonyl (C=O) groups excluding carboxylic acids is 1. The zero-order valence-corrected chi connectivity index (χ0v) is 18.7. The fourth-order valence-electron chi connectivity index (χ4n) is 2.92. The summed E-state index contributed by atoms with van der Waals surface area (Å²) in [6.07, 6.45) is 1.08. The van der Waals surface area contributed by atoms with Gasteiger partial charge in [-0.1, -0.05) is 6.07 Å². The Hall–Kier alpha value is -3.77. The van der Waals surface area contributed by atoms with Crippen molar-refractivity contribution in [3.05, 3.63) is 59.5 Å². The van der Waals surface area contributed by atoms with Crippen LogP contribution in [0.3, 0.4) is 0 Å². The lowest BCUT2D eigenvalue weighted by atomic mass is 10.2. The first kappa shape index (κ1) is 23.9. The molecule has 1 amide bonds. The number of aryl methyl sites for hydroxylation is 2. The van der Waals surface area contributed by atoms with E-state index in [1.807, 2.05) is 0 Å². The molecule has 0 aliphatic carbocycles. The van der Waals surface area contributed by atoms with Gasteiger partial charge in [0.1, 0.15) is 5.75 Å². The Morgan fingerprint density at radius 2 is 1.79 bits per heavy atom. The highest BCUT2D eigenvalue weighted by Gasteiger charge is 2.14. The van der Waals surface area contributed by atoms with Crippen LogP contribution in [0.25, 0.3) is 0 Å². The van der Waals surface area contributed by atoms with Crippen LogP contribution in [-0.2, 0) is 14.8 Å². The average molecular weight is 475 g/mol. The summed E-state index contributed by atoms with van der Waals surface area (Å²) in [5.41, 5.74) is 7.26. The van der Waals surface area contributed by atoms with E-state index >= 15 is 0 Å². The number of hydrogen-bond acceptors (Lipinski definition) is 8. The average Bonchev–Trinajstić information content (AvgIpc) is 2.72. The maximum absolute atomic E-state index is 14.3. The number of nitrogens with two attached hydrogens (primary N) is 2. The number of rotatable bonds is 9. The first-order valence-electron chi connectivity index (χ1n) is 9.75. The van der Waals surface area contributed by atoms with Gasteiger partial charge in [0.15, 0.2) is 11.6 Å². The molecule has 3 rings (SSSR count). The predicted molar refractivity (Wildman–Crippen MR) is 122 cm³/mol. The highest BCUT2D eigenvalue weighted by molar-refractivity contribution is 7.89. The smallest absolute Gasteiger partial charge is 0.238 e. The third kappa shape index (κ3) is 6.37. The van der Waals surface area contributed by atoms with E-state index in [0.29, 0.717) is 22.7 Å². The topological polar surface area (TPSA) is 162 Å². The third-order valence-corrected chi connectivity index (χ3v) is 5.59. The van der Waals surface area contributed by atoms with E-state index in [4.69, 9.17) is 15.6 Å². The Bertz CT molecular complexity index is 1300. The molecule has 33 heavy (non-hydrogen) atoms. The number of anilines is 4. The van der Waals surface area contributed by atoms with Gasteiger partial charge in [-0.25, -0.2) is 22.9 Å². The Morgan fingerprint density at radius 3 is 2.45 bits per heavy atom. The number of benzene rings is 2. The molecule has 12 heteroatoms. The number of hydrogen-bond donors (Lipinski definition) is 4. The van der Waals surface area contributed by atoms with E-state index in [1.54, 1.807) is 44.2 Å². The maximum Gasteiger partial charge on any atom is 0.238 e. The standard InChI is InChI=1S/C21H23FN6O4S/c1-12-3-4-15(10-18(12)33(24,30)31)27-21-25-11-16(22)20(28-21)26-14-5-6-17(13(2)9-14)32-8-7-19(23)29/h3-6,9-11H,7-8H2,1-2H3,(H2,23,29)(H2,24,30,31)(H2,25,26,27,28). The number of primary sulfonamides is 1. The molecular weight excluding hydrogens is 451 g/mol. The molecule has 0 atom stereocenters. The van der Waals surface area contributed by atoms with Crippen molar-refractivity contribution in [1.82, 2.24) is 9.97 Å². The second kappa shape index (κ2) is 9.79. The van der Waals surface area contributed by atoms with Gasteiger partial charge in [-0.2, -0.15) is 4.98 Å². The Kier molecular flexibility index (Phi) is 7.09. The number of ether oxygens (including phenoxy) is 1. The van der Waals surface area contributed by atoms with Gasteiger partial charge < -0.3 is 21.1 Å². The molecule has 0 unspecified atom stereocenters. The van der Waals surface area contributed by atoms with Gasteiger partial charge in [0.2, 0.25) is 21.9 Å². The quantitative estimate of drug-likeness (QED) is 0.368. The van der Waals surface area contributed by atoms with E-state index in [2.05, 4.69) is 20.6 Å². The van der Waals surface area contributed by atoms with E-state index < -0.39 is 21.7 Å². The highest BCUT2D eigenvalue weighted by atomic mass is 32.2. The van der Waals surface area contributed by atoms with Crippen LogP contribution < -0.4 is 26.2 Å². The molecule has 10 nitrogen and oxygen atoms in total. The second-order valence-corrected chi connectivity index (χ2v) is 8.74. The monoisotopic (exact) mass is 474 g/mol. The van der Waals surface area contributed by atoms with Crippen molar-refractivity contribution in [3.8, 4) is 5.75 Å². The van der Waals surface area contributed by atoms with Crippen molar-refractivity contribution in [2.75, 3.05) is 17.2 Å². The van der Waals surface area contributed by atoms with E-state index in [-0.39, 0.29) is 29.7 Å². The molecule has 1 heterocycles. The van der Waals surface area contributed by atoms with Gasteiger partial charge in [-0.15, -0.1) is 0 Å². The maximum atomic E-state index is 14.3. The zero-order valence-electron chi connectivity index (χ0n) is 17.9. The summed E-state index contributed by atoms with van der Waals surface area (Å²) in [5, 5.41) is 11.0. The van der Waals surface area contributed by atoms with Crippen molar-refractivity contribution in [3.63, 3.8) is 0 Å². The Morgan fingerprint density at radius 1 is 1.09 bits per heavy atom. The van der Waals surface area contributed by atoms with Crippen molar-refractivity contribution in [1.29, 1.82) is 0 Å². The van der Waals surface area contributed by atoms with Crippen molar-refractivity contribution in [2.45, 2.75) is 25.2 Å². The molecule has 6 N–H and O–H groups in total. The van der Waals surface area contributed by atoms with E-state index in [1.165, 1.54) is 6.07 Å². The molecular formula is C21H23FN6O4S. The predicted octanol–water partition coefficient (Wildman–Crippen LogP) is 2.62. The number of carbonyl (C=O) groups is 1. The molecule has 0 spiro atoms. The lowest BCUT2D eigenvalue weighted by molar-refractivity contribution is -0.118. The molecule has 0 aliphatic rings. The van der Waals surface area contributed by atoms with Gasteiger partial charge in [0.25, 0.3) is 0 Å². The van der Waals surface area contributed by atoms with Gasteiger partial charge in [-0.05, 0) is 55.3 Å². The van der Waals surface area contributed by atoms with E-state index in [9.17, 15) is 17.6 Å². The number of sulfonamides is 1. The van der Waals surface area contributed by atoms with Crippen LogP contribution in [0.15, 0.2) is 47.5 Å². The number of aromatic nitrogens is 2. The van der Waals surface area contributed by atoms with Gasteiger partial charge in [0.05, 0.1) is 24.1 Å². The molecule has 1 aromatic heterocycles. The SMILES string of the molecule is Cc1cc(Nc2nc(Nc3ccc(C)c(S(N)(=O)=O)c3)ncc2F)ccc1OCCC(N)=O. The number of halogens is 1. The second-order valence-electron chi connectivity index (χ2n) is 7.21. The molecule has 2 aromatic carbocycles. The minimum Gasteiger partial charge on any atom is -0.493 e. The van der Waals surface area contributed by atoms with Crippen LogP contribution in [0, 0.1) is 19.7 Å². The zero-order chi connectivity index (χ0) is 24.2. The summed E-state index contributed by atoms with van der Waals surface area (Å²) in [7, 11) is -3.91. The van der Waals surface area contributed by atoms with Gasteiger partial charge in [-0.3, -0.25) is 4.79 Å². The normalized spacial score (nSPS) is 11.2. The summed E-state index contributed by atoms with van der Waals surface area (Å²) in [4.78, 5) is 18.8. The first-order valence-corrected chi connectivity index (χ1v) is 11.3. The van der Waals surface area contributed by atoms with Crippen molar-refractivity contribution < 1.29 is 22.3 Å². The summed E-state index contributed by atoms with van der Waals surface area (Å²) < 4.78 is 43.3. The summed E-state index contributed by atoms with van der Waals surface area (Å²) in [6, 6.07) is 9.64. The van der Waals surface area contributed by atoms with E-state index in [0.717, 1.165) is 11.8 Å². The number of amides is 1. The molecule has 0 fully saturated rings. The highest BCUT2D eigenvalue weighted by Crippen LogP contribution is 2.26. The van der Waals surface area contributed by atoms with Gasteiger partial charge >= 0.3 is 0 Å². The van der Waals surface area contributed by atoms with Crippen LogP contribution in [0.4, 0.5) is 27.5 Å². The minimum absolute atomic E-state index is 0.0402. The summed E-state index contributed by atoms with van der Waals surface area (Å²) in [6.45, 7) is 3.58. The molecule has 0 saturated carbocycles. The minimum atomic E-state index is -3.91.